The first kappa shape index (κ1) is 17.9. The van der Waals surface area contributed by atoms with Crippen molar-refractivity contribution in [2.24, 2.45) is 0 Å². The zero-order chi connectivity index (χ0) is 17.7. The van der Waals surface area contributed by atoms with Crippen molar-refractivity contribution in [1.29, 1.82) is 5.26 Å². The second kappa shape index (κ2) is 7.92. The van der Waals surface area contributed by atoms with Crippen molar-refractivity contribution in [2.75, 3.05) is 0 Å². The van der Waals surface area contributed by atoms with Gasteiger partial charge in [-0.15, -0.1) is 0 Å². The van der Waals surface area contributed by atoms with Crippen molar-refractivity contribution in [3.63, 3.8) is 0 Å². The SMILES string of the molecule is CCCC(=O)c1c(CC)c(-c2ccc(C#N)cc2)nn1C(C)CC. The number of hydrogen-bond acceptors (Lipinski definition) is 3. The predicted molar refractivity (Wildman–Crippen MR) is 96.0 cm³/mol. The summed E-state index contributed by atoms with van der Waals surface area (Å²) >= 11 is 0. The molecule has 0 N–H and O–H groups in total. The third-order valence-corrected chi connectivity index (χ3v) is 4.40. The molecule has 0 aliphatic carbocycles. The van der Waals surface area contributed by atoms with E-state index in [1.165, 1.54) is 0 Å². The molecule has 126 valence electrons. The molecule has 1 aromatic heterocycles. The Labute approximate surface area is 144 Å². The van der Waals surface area contributed by atoms with Crippen LogP contribution in [0.5, 0.6) is 0 Å². The summed E-state index contributed by atoms with van der Waals surface area (Å²) in [4.78, 5) is 12.7. The van der Waals surface area contributed by atoms with Gasteiger partial charge in [-0.05, 0) is 38.3 Å². The minimum atomic E-state index is 0.169. The zero-order valence-corrected chi connectivity index (χ0v) is 15.0. The number of nitrogens with zero attached hydrogens (tertiary/aromatic N) is 3. The Morgan fingerprint density at radius 2 is 1.92 bits per heavy atom. The van der Waals surface area contributed by atoms with Crippen molar-refractivity contribution in [3.05, 3.63) is 41.1 Å². The van der Waals surface area contributed by atoms with Crippen LogP contribution in [0.4, 0.5) is 0 Å². The van der Waals surface area contributed by atoms with E-state index < -0.39 is 0 Å². The molecule has 0 amide bonds. The first-order valence-electron chi connectivity index (χ1n) is 8.72. The van der Waals surface area contributed by atoms with E-state index in [0.717, 1.165) is 41.8 Å². The molecule has 0 bridgehead atoms. The normalized spacial score (nSPS) is 12.0. The Bertz CT molecular complexity index is 750. The lowest BCUT2D eigenvalue weighted by Crippen LogP contribution is -2.15. The second-order valence-corrected chi connectivity index (χ2v) is 6.09. The highest BCUT2D eigenvalue weighted by Crippen LogP contribution is 2.30. The summed E-state index contributed by atoms with van der Waals surface area (Å²) in [6.07, 6.45) is 3.06. The number of carbonyl (C=O) groups is 1. The number of Topliss-reactive ketones (excluding diaryl/α,β-unsaturated/α-hetero) is 1. The fourth-order valence-corrected chi connectivity index (χ4v) is 2.87. The van der Waals surface area contributed by atoms with E-state index in [1.807, 2.05) is 23.7 Å². The fourth-order valence-electron chi connectivity index (χ4n) is 2.87. The minimum absolute atomic E-state index is 0.169. The standard InChI is InChI=1S/C20H25N3O/c1-5-8-18(24)20-17(7-3)19(22-23(20)14(4)6-2)16-11-9-15(13-21)10-12-16/h9-12,14H,5-8H2,1-4H3. The number of nitriles is 1. The van der Waals surface area contributed by atoms with E-state index in [4.69, 9.17) is 10.4 Å². The molecular weight excluding hydrogens is 298 g/mol. The molecule has 0 radical (unpaired) electrons. The summed E-state index contributed by atoms with van der Waals surface area (Å²) in [5.41, 5.74) is 4.21. The summed E-state index contributed by atoms with van der Waals surface area (Å²) in [5, 5.41) is 13.8. The third-order valence-electron chi connectivity index (χ3n) is 4.40. The highest BCUT2D eigenvalue weighted by Gasteiger charge is 2.24. The summed E-state index contributed by atoms with van der Waals surface area (Å²) in [6.45, 7) is 8.29. The van der Waals surface area contributed by atoms with E-state index in [9.17, 15) is 4.79 Å². The summed E-state index contributed by atoms with van der Waals surface area (Å²) < 4.78 is 1.91. The molecule has 0 aliphatic heterocycles. The average molecular weight is 323 g/mol. The van der Waals surface area contributed by atoms with Crippen LogP contribution in [0.25, 0.3) is 11.3 Å². The predicted octanol–water partition coefficient (Wildman–Crippen LogP) is 4.94. The van der Waals surface area contributed by atoms with Gasteiger partial charge < -0.3 is 0 Å². The van der Waals surface area contributed by atoms with Gasteiger partial charge in [0.25, 0.3) is 0 Å². The smallest absolute Gasteiger partial charge is 0.181 e. The van der Waals surface area contributed by atoms with Gasteiger partial charge >= 0.3 is 0 Å². The van der Waals surface area contributed by atoms with Gasteiger partial charge in [0.05, 0.1) is 17.3 Å². The van der Waals surface area contributed by atoms with Gasteiger partial charge in [0.2, 0.25) is 0 Å². The third kappa shape index (κ3) is 3.41. The van der Waals surface area contributed by atoms with E-state index in [-0.39, 0.29) is 11.8 Å². The maximum absolute atomic E-state index is 12.7. The van der Waals surface area contributed by atoms with Crippen LogP contribution in [0, 0.1) is 11.3 Å². The number of benzene rings is 1. The topological polar surface area (TPSA) is 58.7 Å². The largest absolute Gasteiger partial charge is 0.292 e. The monoisotopic (exact) mass is 323 g/mol. The molecule has 4 nitrogen and oxygen atoms in total. The Balaban J connectivity index is 2.63. The number of aromatic nitrogens is 2. The number of hydrogen-bond donors (Lipinski definition) is 0. The lowest BCUT2D eigenvalue weighted by molar-refractivity contribution is 0.0968. The number of carbonyl (C=O) groups excluding carboxylic acids is 1. The highest BCUT2D eigenvalue weighted by molar-refractivity contribution is 5.97. The van der Waals surface area contributed by atoms with Gasteiger partial charge in [-0.25, -0.2) is 0 Å². The molecule has 0 saturated heterocycles. The van der Waals surface area contributed by atoms with Crippen LogP contribution in [-0.4, -0.2) is 15.6 Å². The summed E-state index contributed by atoms with van der Waals surface area (Å²) in [5.74, 6) is 0.169. The Hall–Kier alpha value is -2.41. The molecule has 1 atom stereocenters. The van der Waals surface area contributed by atoms with E-state index in [0.29, 0.717) is 12.0 Å². The van der Waals surface area contributed by atoms with Gasteiger partial charge in [0, 0.05) is 23.6 Å². The molecule has 24 heavy (non-hydrogen) atoms. The molecule has 0 fully saturated rings. The van der Waals surface area contributed by atoms with Crippen molar-refractivity contribution in [2.45, 2.75) is 59.4 Å². The molecule has 4 heteroatoms. The minimum Gasteiger partial charge on any atom is -0.292 e. The Morgan fingerprint density at radius 3 is 2.42 bits per heavy atom. The molecule has 1 aromatic carbocycles. The molecule has 0 saturated carbocycles. The molecule has 0 aliphatic rings. The van der Waals surface area contributed by atoms with Crippen LogP contribution in [0.15, 0.2) is 24.3 Å². The van der Waals surface area contributed by atoms with Crippen LogP contribution in [0.1, 0.15) is 74.6 Å². The van der Waals surface area contributed by atoms with Crippen molar-refractivity contribution in [3.8, 4) is 17.3 Å². The second-order valence-electron chi connectivity index (χ2n) is 6.09. The zero-order valence-electron chi connectivity index (χ0n) is 15.0. The molecule has 2 rings (SSSR count). The van der Waals surface area contributed by atoms with Gasteiger partial charge in [-0.3, -0.25) is 9.48 Å². The van der Waals surface area contributed by atoms with Gasteiger partial charge in [-0.1, -0.05) is 32.9 Å². The van der Waals surface area contributed by atoms with Crippen LogP contribution < -0.4 is 0 Å². The Morgan fingerprint density at radius 1 is 1.25 bits per heavy atom. The average Bonchev–Trinajstić information content (AvgIpc) is 3.01. The maximum Gasteiger partial charge on any atom is 0.181 e. The summed E-state index contributed by atoms with van der Waals surface area (Å²) in [7, 11) is 0. The lowest BCUT2D eigenvalue weighted by Gasteiger charge is -2.13. The van der Waals surface area contributed by atoms with Crippen LogP contribution in [0.2, 0.25) is 0 Å². The molecule has 0 spiro atoms. The van der Waals surface area contributed by atoms with Gasteiger partial charge in [-0.2, -0.15) is 10.4 Å². The van der Waals surface area contributed by atoms with Crippen molar-refractivity contribution in [1.82, 2.24) is 9.78 Å². The van der Waals surface area contributed by atoms with E-state index >= 15 is 0 Å². The number of ketones is 1. The van der Waals surface area contributed by atoms with Crippen LogP contribution in [-0.2, 0) is 6.42 Å². The number of rotatable bonds is 7. The lowest BCUT2D eigenvalue weighted by atomic mass is 9.99. The molecule has 2 aromatic rings. The maximum atomic E-state index is 12.7. The van der Waals surface area contributed by atoms with E-state index in [2.05, 4.69) is 26.8 Å². The van der Waals surface area contributed by atoms with Crippen molar-refractivity contribution < 1.29 is 4.79 Å². The Kier molecular flexibility index (Phi) is 5.92. The first-order valence-corrected chi connectivity index (χ1v) is 8.72. The van der Waals surface area contributed by atoms with Crippen molar-refractivity contribution >= 4 is 5.78 Å². The highest BCUT2D eigenvalue weighted by atomic mass is 16.1. The molecular formula is C20H25N3O. The fraction of sp³-hybridized carbons (Fsp3) is 0.450. The summed E-state index contributed by atoms with van der Waals surface area (Å²) in [6, 6.07) is 9.73. The first-order chi connectivity index (χ1) is 11.6. The quantitative estimate of drug-likeness (QED) is 0.678. The van der Waals surface area contributed by atoms with Crippen LogP contribution in [0.3, 0.4) is 0 Å². The van der Waals surface area contributed by atoms with Crippen LogP contribution >= 0.6 is 0 Å². The van der Waals surface area contributed by atoms with Gasteiger partial charge in [0.15, 0.2) is 5.78 Å². The van der Waals surface area contributed by atoms with Gasteiger partial charge in [0.1, 0.15) is 5.69 Å². The molecule has 1 heterocycles. The molecule has 1 unspecified atom stereocenters. The van der Waals surface area contributed by atoms with E-state index in [1.54, 1.807) is 12.1 Å².